The smallest absolute Gasteiger partial charge is 0.226 e. The molecule has 0 aliphatic heterocycles. The second-order valence-corrected chi connectivity index (χ2v) is 6.34. The van der Waals surface area contributed by atoms with Crippen LogP contribution in [0.25, 0.3) is 0 Å². The van der Waals surface area contributed by atoms with Gasteiger partial charge in [0.25, 0.3) is 0 Å². The Bertz CT molecular complexity index is 270. The Morgan fingerprint density at radius 2 is 1.19 bits per heavy atom. The van der Waals surface area contributed by atoms with E-state index in [1.807, 2.05) is 0 Å². The summed E-state index contributed by atoms with van der Waals surface area (Å²) < 4.78 is 0. The van der Waals surface area contributed by atoms with Crippen molar-refractivity contribution in [3.8, 4) is 0 Å². The fourth-order valence-corrected chi connectivity index (χ4v) is 2.62. The summed E-state index contributed by atoms with van der Waals surface area (Å²) >= 11 is 4.62. The number of thiocarbonyl (C=S) groups is 1. The third-order valence-corrected chi connectivity index (χ3v) is 3.87. The maximum absolute atomic E-state index is 11.3. The van der Waals surface area contributed by atoms with Crippen LogP contribution in [0.1, 0.15) is 96.8 Å². The van der Waals surface area contributed by atoms with E-state index in [2.05, 4.69) is 24.5 Å². The number of hydrogen-bond acceptors (Lipinski definition) is 2. The number of amides is 1. The van der Waals surface area contributed by atoms with E-state index in [0.29, 0.717) is 6.42 Å². The Balaban J connectivity index is 3.09. The molecule has 4 heteroatoms. The zero-order chi connectivity index (χ0) is 15.8. The van der Waals surface area contributed by atoms with Gasteiger partial charge in [0.15, 0.2) is 5.11 Å². The maximum atomic E-state index is 11.3. The Labute approximate surface area is 136 Å². The Kier molecular flexibility index (Phi) is 15.3. The zero-order valence-electron chi connectivity index (χ0n) is 13.8. The first-order chi connectivity index (χ1) is 10.2. The van der Waals surface area contributed by atoms with Crippen molar-refractivity contribution in [1.29, 1.82) is 0 Å². The molecule has 0 aromatic rings. The van der Waals surface area contributed by atoms with Crippen molar-refractivity contribution in [2.45, 2.75) is 96.8 Å². The van der Waals surface area contributed by atoms with Crippen molar-refractivity contribution < 1.29 is 4.79 Å². The molecule has 0 unspecified atom stereocenters. The molecule has 0 bridgehead atoms. The second kappa shape index (κ2) is 15.7. The van der Waals surface area contributed by atoms with Gasteiger partial charge in [-0.05, 0) is 18.6 Å². The van der Waals surface area contributed by atoms with Gasteiger partial charge in [-0.25, -0.2) is 0 Å². The monoisotopic (exact) mass is 314 g/mol. The summed E-state index contributed by atoms with van der Waals surface area (Å²) in [6.45, 7) is 2.26. The third-order valence-electron chi connectivity index (χ3n) is 3.77. The first kappa shape index (κ1) is 20.4. The van der Waals surface area contributed by atoms with Crippen molar-refractivity contribution >= 4 is 23.2 Å². The number of hydrogen-bond donors (Lipinski definition) is 2. The van der Waals surface area contributed by atoms with Crippen molar-refractivity contribution in [2.24, 2.45) is 5.73 Å². The highest BCUT2D eigenvalue weighted by atomic mass is 32.1. The molecule has 3 N–H and O–H groups in total. The number of unbranched alkanes of at least 4 members (excludes halogenated alkanes) is 12. The van der Waals surface area contributed by atoms with Crippen LogP contribution >= 0.6 is 12.2 Å². The van der Waals surface area contributed by atoms with E-state index in [0.717, 1.165) is 12.8 Å². The normalized spacial score (nSPS) is 10.5. The number of nitrogens with two attached hydrogens (primary N) is 1. The molecule has 0 saturated carbocycles. The predicted octanol–water partition coefficient (Wildman–Crippen LogP) is 4.83. The Hall–Kier alpha value is -0.640. The standard InChI is InChI=1S/C17H34N2OS/c1-2-3-4-5-6-7-8-9-10-11-12-13-14-15-16(20)19-17(18)21/h2-15H2,1H3,(H3,18,19,20,21). The molecule has 0 aliphatic carbocycles. The van der Waals surface area contributed by atoms with Crippen molar-refractivity contribution in [2.75, 3.05) is 0 Å². The van der Waals surface area contributed by atoms with E-state index in [9.17, 15) is 4.79 Å². The average Bonchev–Trinajstić information content (AvgIpc) is 2.43. The maximum Gasteiger partial charge on any atom is 0.226 e. The largest absolute Gasteiger partial charge is 0.376 e. The first-order valence-corrected chi connectivity index (χ1v) is 9.17. The van der Waals surface area contributed by atoms with Gasteiger partial charge in [0.1, 0.15) is 0 Å². The summed E-state index contributed by atoms with van der Waals surface area (Å²) in [7, 11) is 0. The van der Waals surface area contributed by atoms with Crippen molar-refractivity contribution in [3.05, 3.63) is 0 Å². The van der Waals surface area contributed by atoms with Crippen LogP contribution in [0.2, 0.25) is 0 Å². The van der Waals surface area contributed by atoms with Gasteiger partial charge >= 0.3 is 0 Å². The molecule has 0 aromatic carbocycles. The minimum Gasteiger partial charge on any atom is -0.376 e. The number of rotatable bonds is 14. The third kappa shape index (κ3) is 17.3. The molecule has 0 aliphatic rings. The minimum atomic E-state index is -0.0504. The molecular weight excluding hydrogens is 280 g/mol. The SMILES string of the molecule is CCCCCCCCCCCCCCCC(=O)NC(N)=S. The summed E-state index contributed by atoms with van der Waals surface area (Å²) in [6.07, 6.45) is 17.6. The van der Waals surface area contributed by atoms with Crippen LogP contribution in [0.5, 0.6) is 0 Å². The number of nitrogens with one attached hydrogen (secondary N) is 1. The molecule has 0 radical (unpaired) electrons. The fourth-order valence-electron chi connectivity index (χ4n) is 2.50. The van der Waals surface area contributed by atoms with Crippen LogP contribution in [0, 0.1) is 0 Å². The Morgan fingerprint density at radius 3 is 1.57 bits per heavy atom. The molecule has 0 rings (SSSR count). The van der Waals surface area contributed by atoms with E-state index in [-0.39, 0.29) is 11.0 Å². The predicted molar refractivity (Wildman–Crippen MR) is 95.2 cm³/mol. The highest BCUT2D eigenvalue weighted by Gasteiger charge is 2.01. The lowest BCUT2D eigenvalue weighted by Gasteiger charge is -2.04. The first-order valence-electron chi connectivity index (χ1n) is 8.76. The van der Waals surface area contributed by atoms with Crippen molar-refractivity contribution in [3.63, 3.8) is 0 Å². The average molecular weight is 315 g/mol. The lowest BCUT2D eigenvalue weighted by Crippen LogP contribution is -2.34. The van der Waals surface area contributed by atoms with Gasteiger partial charge < -0.3 is 11.1 Å². The fraction of sp³-hybridized carbons (Fsp3) is 0.882. The van der Waals surface area contributed by atoms with E-state index < -0.39 is 0 Å². The van der Waals surface area contributed by atoms with Crippen LogP contribution in [-0.4, -0.2) is 11.0 Å². The zero-order valence-corrected chi connectivity index (χ0v) is 14.6. The molecule has 0 spiro atoms. The molecule has 0 aromatic heterocycles. The minimum absolute atomic E-state index is 0.0504. The van der Waals surface area contributed by atoms with Crippen molar-refractivity contribution in [1.82, 2.24) is 5.32 Å². The van der Waals surface area contributed by atoms with Gasteiger partial charge in [-0.3, -0.25) is 4.79 Å². The summed E-state index contributed by atoms with van der Waals surface area (Å²) in [4.78, 5) is 11.3. The highest BCUT2D eigenvalue weighted by molar-refractivity contribution is 7.80. The molecule has 0 heterocycles. The molecule has 0 atom stereocenters. The number of carbonyl (C=O) groups excluding carboxylic acids is 1. The van der Waals surface area contributed by atoms with Crippen LogP contribution < -0.4 is 11.1 Å². The van der Waals surface area contributed by atoms with Crippen LogP contribution in [-0.2, 0) is 4.79 Å². The highest BCUT2D eigenvalue weighted by Crippen LogP contribution is 2.12. The van der Waals surface area contributed by atoms with E-state index in [1.165, 1.54) is 70.6 Å². The lowest BCUT2D eigenvalue weighted by atomic mass is 10.0. The van der Waals surface area contributed by atoms with Crippen LogP contribution in [0.3, 0.4) is 0 Å². The van der Waals surface area contributed by atoms with Crippen LogP contribution in [0.15, 0.2) is 0 Å². The van der Waals surface area contributed by atoms with Crippen LogP contribution in [0.4, 0.5) is 0 Å². The molecule has 3 nitrogen and oxygen atoms in total. The summed E-state index contributed by atoms with van der Waals surface area (Å²) in [5.41, 5.74) is 5.24. The van der Waals surface area contributed by atoms with E-state index in [1.54, 1.807) is 0 Å². The molecular formula is C17H34N2OS. The summed E-state index contributed by atoms with van der Waals surface area (Å²) in [6, 6.07) is 0. The molecule has 21 heavy (non-hydrogen) atoms. The van der Waals surface area contributed by atoms with Gasteiger partial charge in [-0.2, -0.15) is 0 Å². The van der Waals surface area contributed by atoms with Gasteiger partial charge in [-0.15, -0.1) is 0 Å². The van der Waals surface area contributed by atoms with Gasteiger partial charge in [-0.1, -0.05) is 84.0 Å². The van der Waals surface area contributed by atoms with Gasteiger partial charge in [0, 0.05) is 6.42 Å². The summed E-state index contributed by atoms with van der Waals surface area (Å²) in [5.74, 6) is -0.0504. The lowest BCUT2D eigenvalue weighted by molar-refractivity contribution is -0.119. The molecule has 1 amide bonds. The molecule has 0 saturated heterocycles. The number of carbonyl (C=O) groups is 1. The summed E-state index contributed by atoms with van der Waals surface area (Å²) in [5, 5.41) is 2.53. The van der Waals surface area contributed by atoms with E-state index >= 15 is 0 Å². The molecule has 0 fully saturated rings. The second-order valence-electron chi connectivity index (χ2n) is 5.91. The van der Waals surface area contributed by atoms with Gasteiger partial charge in [0.05, 0.1) is 0 Å². The Morgan fingerprint density at radius 1 is 0.810 bits per heavy atom. The molecule has 124 valence electrons. The van der Waals surface area contributed by atoms with Gasteiger partial charge in [0.2, 0.25) is 5.91 Å². The topological polar surface area (TPSA) is 55.1 Å². The quantitative estimate of drug-likeness (QED) is 0.357. The van der Waals surface area contributed by atoms with E-state index in [4.69, 9.17) is 5.73 Å².